The van der Waals surface area contributed by atoms with Gasteiger partial charge in [0, 0.05) is 11.9 Å². The molecule has 0 spiro atoms. The summed E-state index contributed by atoms with van der Waals surface area (Å²) < 4.78 is 0. The molecule has 2 rings (SSSR count). The number of aromatic nitrogens is 2. The molecule has 0 saturated heterocycles. The van der Waals surface area contributed by atoms with Gasteiger partial charge in [-0.15, -0.1) is 10.2 Å². The third-order valence-corrected chi connectivity index (χ3v) is 2.87. The minimum Gasteiger partial charge on any atom is -0.274 e. The van der Waals surface area contributed by atoms with E-state index in [4.69, 9.17) is 11.6 Å². The van der Waals surface area contributed by atoms with Gasteiger partial charge in [0.2, 0.25) is 11.0 Å². The van der Waals surface area contributed by atoms with E-state index in [1.807, 2.05) is 0 Å². The lowest BCUT2D eigenvalue weighted by molar-refractivity contribution is -0.115. The fourth-order valence-corrected chi connectivity index (χ4v) is 2.03. The van der Waals surface area contributed by atoms with Crippen molar-refractivity contribution in [2.45, 2.75) is 6.92 Å². The lowest BCUT2D eigenvalue weighted by atomic mass is 10.3. The maximum absolute atomic E-state index is 11.6. The van der Waals surface area contributed by atoms with Crippen LogP contribution < -0.4 is 4.90 Å². The van der Waals surface area contributed by atoms with Crippen molar-refractivity contribution in [3.63, 3.8) is 0 Å². The van der Waals surface area contributed by atoms with Crippen LogP contribution in [-0.4, -0.2) is 16.1 Å². The molecule has 2 aromatic rings. The molecule has 16 heavy (non-hydrogen) atoms. The lowest BCUT2D eigenvalue weighted by Gasteiger charge is -2.17. The van der Waals surface area contributed by atoms with Gasteiger partial charge >= 0.3 is 0 Å². The van der Waals surface area contributed by atoms with Gasteiger partial charge in [-0.25, -0.2) is 0 Å². The Morgan fingerprint density at radius 3 is 2.56 bits per heavy atom. The largest absolute Gasteiger partial charge is 0.274 e. The Balaban J connectivity index is 2.41. The number of halogens is 1. The van der Waals surface area contributed by atoms with Crippen molar-refractivity contribution >= 4 is 39.7 Å². The van der Waals surface area contributed by atoms with Crippen molar-refractivity contribution in [1.29, 1.82) is 0 Å². The zero-order valence-corrected chi connectivity index (χ0v) is 10.00. The fourth-order valence-electron chi connectivity index (χ4n) is 1.28. The van der Waals surface area contributed by atoms with E-state index >= 15 is 0 Å². The fraction of sp³-hybridized carbons (Fsp3) is 0.100. The second-order valence-corrected chi connectivity index (χ2v) is 4.30. The molecular weight excluding hydrogens is 246 g/mol. The zero-order valence-electron chi connectivity index (χ0n) is 8.42. The van der Waals surface area contributed by atoms with Gasteiger partial charge in [-0.3, -0.25) is 9.69 Å². The Morgan fingerprint density at radius 2 is 2.06 bits per heavy atom. The van der Waals surface area contributed by atoms with Crippen molar-refractivity contribution in [1.82, 2.24) is 10.2 Å². The summed E-state index contributed by atoms with van der Waals surface area (Å²) in [7, 11) is 0. The maximum atomic E-state index is 11.6. The van der Waals surface area contributed by atoms with Crippen LogP contribution in [0.4, 0.5) is 10.8 Å². The standard InChI is InChI=1S/C10H8ClN3OS/c1-7(15)14(10-13-12-6-16-10)9-4-2-8(11)3-5-9/h2-6H,1H3. The van der Waals surface area contributed by atoms with Crippen LogP contribution >= 0.6 is 22.9 Å². The number of carbonyl (C=O) groups is 1. The summed E-state index contributed by atoms with van der Waals surface area (Å²) in [6, 6.07) is 7.00. The molecule has 0 saturated carbocycles. The van der Waals surface area contributed by atoms with Gasteiger partial charge in [0.15, 0.2) is 0 Å². The third-order valence-electron chi connectivity index (χ3n) is 1.94. The first kappa shape index (κ1) is 11.0. The Labute approximate surface area is 101 Å². The number of amides is 1. The molecule has 1 aromatic heterocycles. The second-order valence-electron chi connectivity index (χ2n) is 3.05. The van der Waals surface area contributed by atoms with E-state index < -0.39 is 0 Å². The molecule has 0 unspecified atom stereocenters. The van der Waals surface area contributed by atoms with Crippen molar-refractivity contribution in [3.05, 3.63) is 34.8 Å². The average molecular weight is 254 g/mol. The van der Waals surface area contributed by atoms with Crippen LogP contribution in [0.3, 0.4) is 0 Å². The van der Waals surface area contributed by atoms with Crippen molar-refractivity contribution in [3.8, 4) is 0 Å². The van der Waals surface area contributed by atoms with Crippen LogP contribution in [-0.2, 0) is 4.79 Å². The third kappa shape index (κ3) is 2.20. The molecule has 0 aliphatic carbocycles. The van der Waals surface area contributed by atoms with E-state index in [1.165, 1.54) is 23.2 Å². The molecule has 1 amide bonds. The highest BCUT2D eigenvalue weighted by Gasteiger charge is 2.16. The molecule has 1 aromatic carbocycles. The highest BCUT2D eigenvalue weighted by molar-refractivity contribution is 7.13. The number of nitrogens with zero attached hydrogens (tertiary/aromatic N) is 3. The van der Waals surface area contributed by atoms with E-state index in [1.54, 1.807) is 29.8 Å². The molecule has 0 radical (unpaired) electrons. The first-order valence-electron chi connectivity index (χ1n) is 4.51. The smallest absolute Gasteiger partial charge is 0.230 e. The van der Waals surface area contributed by atoms with Crippen molar-refractivity contribution < 1.29 is 4.79 Å². The minimum atomic E-state index is -0.112. The predicted octanol–water partition coefficient (Wildman–Crippen LogP) is 2.88. The number of carbonyl (C=O) groups excluding carboxylic acids is 1. The van der Waals surface area contributed by atoms with Crippen LogP contribution in [0, 0.1) is 0 Å². The summed E-state index contributed by atoms with van der Waals surface area (Å²) >= 11 is 7.10. The van der Waals surface area contributed by atoms with Gasteiger partial charge in [-0.1, -0.05) is 22.9 Å². The molecule has 1 heterocycles. The van der Waals surface area contributed by atoms with Gasteiger partial charge in [0.25, 0.3) is 0 Å². The van der Waals surface area contributed by atoms with Crippen LogP contribution in [0.25, 0.3) is 0 Å². The molecule has 0 atom stereocenters. The summed E-state index contributed by atoms with van der Waals surface area (Å²) in [5.41, 5.74) is 2.31. The van der Waals surface area contributed by atoms with Crippen molar-refractivity contribution in [2.75, 3.05) is 4.90 Å². The molecule has 0 aliphatic rings. The van der Waals surface area contributed by atoms with Crippen LogP contribution in [0.1, 0.15) is 6.92 Å². The van der Waals surface area contributed by atoms with Crippen LogP contribution in [0.2, 0.25) is 5.02 Å². The van der Waals surface area contributed by atoms with Gasteiger partial charge < -0.3 is 0 Å². The van der Waals surface area contributed by atoms with E-state index in [9.17, 15) is 4.79 Å². The van der Waals surface area contributed by atoms with E-state index in [0.29, 0.717) is 10.2 Å². The number of hydrogen-bond acceptors (Lipinski definition) is 4. The predicted molar refractivity (Wildman–Crippen MR) is 64.2 cm³/mol. The summed E-state index contributed by atoms with van der Waals surface area (Å²) in [5.74, 6) is -0.112. The van der Waals surface area contributed by atoms with Gasteiger partial charge in [0.05, 0.1) is 5.69 Å². The first-order valence-corrected chi connectivity index (χ1v) is 5.76. The highest BCUT2D eigenvalue weighted by Crippen LogP contribution is 2.27. The second kappa shape index (κ2) is 4.59. The van der Waals surface area contributed by atoms with E-state index in [2.05, 4.69) is 10.2 Å². The number of hydrogen-bond donors (Lipinski definition) is 0. The highest BCUT2D eigenvalue weighted by atomic mass is 35.5. The van der Waals surface area contributed by atoms with E-state index in [0.717, 1.165) is 5.69 Å². The Bertz CT molecular complexity index is 483. The topological polar surface area (TPSA) is 46.1 Å². The molecule has 82 valence electrons. The SMILES string of the molecule is CC(=O)N(c1ccc(Cl)cc1)c1nncs1. The van der Waals surface area contributed by atoms with Gasteiger partial charge in [0.1, 0.15) is 5.51 Å². The van der Waals surface area contributed by atoms with Gasteiger partial charge in [-0.2, -0.15) is 0 Å². The Kier molecular flexibility index (Phi) is 3.17. The number of rotatable bonds is 2. The first-order chi connectivity index (χ1) is 7.68. The minimum absolute atomic E-state index is 0.112. The molecule has 0 aliphatic heterocycles. The normalized spacial score (nSPS) is 10.1. The number of anilines is 2. The Morgan fingerprint density at radius 1 is 1.38 bits per heavy atom. The number of benzene rings is 1. The van der Waals surface area contributed by atoms with Gasteiger partial charge in [-0.05, 0) is 24.3 Å². The quantitative estimate of drug-likeness (QED) is 0.827. The monoisotopic (exact) mass is 253 g/mol. The summed E-state index contributed by atoms with van der Waals surface area (Å²) in [5, 5.41) is 8.77. The van der Waals surface area contributed by atoms with E-state index in [-0.39, 0.29) is 5.91 Å². The molecule has 0 bridgehead atoms. The molecule has 6 heteroatoms. The average Bonchev–Trinajstić information content (AvgIpc) is 2.74. The van der Waals surface area contributed by atoms with Crippen LogP contribution in [0.5, 0.6) is 0 Å². The van der Waals surface area contributed by atoms with Crippen LogP contribution in [0.15, 0.2) is 29.8 Å². The summed E-state index contributed by atoms with van der Waals surface area (Å²) in [6.45, 7) is 1.48. The summed E-state index contributed by atoms with van der Waals surface area (Å²) in [4.78, 5) is 13.1. The van der Waals surface area contributed by atoms with Crippen molar-refractivity contribution in [2.24, 2.45) is 0 Å². The lowest BCUT2D eigenvalue weighted by Crippen LogP contribution is -2.22. The molecule has 0 fully saturated rings. The molecular formula is C10H8ClN3OS. The maximum Gasteiger partial charge on any atom is 0.230 e. The zero-order chi connectivity index (χ0) is 11.5. The molecule has 4 nitrogen and oxygen atoms in total. The summed E-state index contributed by atoms with van der Waals surface area (Å²) in [6.07, 6.45) is 0. The Hall–Kier alpha value is -1.46. The molecule has 0 N–H and O–H groups in total.